The highest BCUT2D eigenvalue weighted by atomic mass is 127. The molecule has 0 atom stereocenters. The van der Waals surface area contributed by atoms with Gasteiger partial charge in [0, 0.05) is 9.26 Å². The molecule has 0 bridgehead atoms. The Hall–Kier alpha value is -0.990. The summed E-state index contributed by atoms with van der Waals surface area (Å²) in [6, 6.07) is 8.40. The highest BCUT2D eigenvalue weighted by Gasteiger charge is 2.21. The fourth-order valence-electron chi connectivity index (χ4n) is 2.18. The van der Waals surface area contributed by atoms with Gasteiger partial charge in [-0.25, -0.2) is 8.42 Å². The normalized spacial score (nSPS) is 11.4. The van der Waals surface area contributed by atoms with Gasteiger partial charge >= 0.3 is 0 Å². The zero-order valence-electron chi connectivity index (χ0n) is 11.4. The largest absolute Gasteiger partial charge is 0.399 e. The molecule has 0 saturated heterocycles. The molecule has 0 amide bonds. The van der Waals surface area contributed by atoms with Gasteiger partial charge in [0.05, 0.1) is 15.6 Å². The second kappa shape index (κ2) is 6.02. The summed E-state index contributed by atoms with van der Waals surface area (Å²) in [6.45, 7) is 3.43. The Kier molecular flexibility index (Phi) is 4.69. The third-order valence-electron chi connectivity index (χ3n) is 2.93. The van der Waals surface area contributed by atoms with Crippen LogP contribution in [-0.2, 0) is 10.0 Å². The smallest absolute Gasteiger partial charge is 0.262 e. The van der Waals surface area contributed by atoms with E-state index in [1.165, 1.54) is 0 Å². The average Bonchev–Trinajstić information content (AvgIpc) is 2.30. The van der Waals surface area contributed by atoms with Crippen LogP contribution in [0.4, 0.5) is 11.4 Å². The van der Waals surface area contributed by atoms with Crippen molar-refractivity contribution in [3.8, 4) is 0 Å². The zero-order chi connectivity index (χ0) is 15.8. The van der Waals surface area contributed by atoms with E-state index in [0.717, 1.165) is 3.57 Å². The quantitative estimate of drug-likeness (QED) is 0.565. The van der Waals surface area contributed by atoms with E-state index in [0.29, 0.717) is 27.5 Å². The fraction of sp³-hybridized carbons (Fsp3) is 0.143. The minimum atomic E-state index is -3.72. The van der Waals surface area contributed by atoms with Crippen LogP contribution in [-0.4, -0.2) is 8.42 Å². The molecular formula is C14H14ClIN2O2S. The number of halogens is 2. The lowest BCUT2D eigenvalue weighted by molar-refractivity contribution is 0.600. The topological polar surface area (TPSA) is 72.2 Å². The molecular weight excluding hydrogens is 423 g/mol. The van der Waals surface area contributed by atoms with Gasteiger partial charge in [0.1, 0.15) is 0 Å². The number of aryl methyl sites for hydroxylation is 2. The van der Waals surface area contributed by atoms with Crippen LogP contribution in [0.5, 0.6) is 0 Å². The Morgan fingerprint density at radius 3 is 2.24 bits per heavy atom. The van der Waals surface area contributed by atoms with Crippen LogP contribution in [0.25, 0.3) is 0 Å². The predicted octanol–water partition coefficient (Wildman–Crippen LogP) is 3.94. The summed E-state index contributed by atoms with van der Waals surface area (Å²) in [5.41, 5.74) is 7.82. The van der Waals surface area contributed by atoms with Gasteiger partial charge in [0.2, 0.25) is 0 Å². The summed E-state index contributed by atoms with van der Waals surface area (Å²) < 4.78 is 28.6. The Morgan fingerprint density at radius 2 is 1.71 bits per heavy atom. The highest BCUT2D eigenvalue weighted by molar-refractivity contribution is 14.1. The number of anilines is 2. The third kappa shape index (κ3) is 3.61. The van der Waals surface area contributed by atoms with Crippen LogP contribution < -0.4 is 10.5 Å². The second-order valence-electron chi connectivity index (χ2n) is 4.71. The van der Waals surface area contributed by atoms with E-state index in [1.807, 2.05) is 0 Å². The molecule has 3 N–H and O–H groups in total. The molecule has 2 aromatic rings. The zero-order valence-corrected chi connectivity index (χ0v) is 15.2. The lowest BCUT2D eigenvalue weighted by atomic mass is 10.1. The second-order valence-corrected chi connectivity index (χ2v) is 7.99. The number of hydrogen-bond acceptors (Lipinski definition) is 3. The van der Waals surface area contributed by atoms with Crippen molar-refractivity contribution >= 4 is 55.6 Å². The first-order valence-electron chi connectivity index (χ1n) is 6.05. The van der Waals surface area contributed by atoms with E-state index < -0.39 is 10.0 Å². The first-order valence-corrected chi connectivity index (χ1v) is 8.99. The van der Waals surface area contributed by atoms with E-state index in [4.69, 9.17) is 17.3 Å². The van der Waals surface area contributed by atoms with Crippen molar-refractivity contribution in [2.75, 3.05) is 10.5 Å². The van der Waals surface area contributed by atoms with Gasteiger partial charge in [-0.3, -0.25) is 4.72 Å². The molecule has 4 nitrogen and oxygen atoms in total. The molecule has 0 fully saturated rings. The van der Waals surface area contributed by atoms with Crippen LogP contribution in [0, 0.1) is 17.4 Å². The van der Waals surface area contributed by atoms with Crippen LogP contribution in [0.2, 0.25) is 5.02 Å². The fourth-order valence-corrected chi connectivity index (χ4v) is 4.67. The minimum absolute atomic E-state index is 0.228. The number of rotatable bonds is 3. The first kappa shape index (κ1) is 16.4. The number of benzene rings is 2. The summed E-state index contributed by atoms with van der Waals surface area (Å²) in [4.78, 5) is 0.228. The molecule has 112 valence electrons. The van der Waals surface area contributed by atoms with Crippen LogP contribution >= 0.6 is 34.2 Å². The summed E-state index contributed by atoms with van der Waals surface area (Å²) in [7, 11) is -3.72. The summed E-state index contributed by atoms with van der Waals surface area (Å²) in [5, 5.41) is 0.358. The lowest BCUT2D eigenvalue weighted by Gasteiger charge is -2.14. The van der Waals surface area contributed by atoms with Gasteiger partial charge in [-0.05, 0) is 77.9 Å². The van der Waals surface area contributed by atoms with Crippen molar-refractivity contribution < 1.29 is 8.42 Å². The van der Waals surface area contributed by atoms with E-state index in [9.17, 15) is 8.42 Å². The molecule has 0 aliphatic rings. The minimum Gasteiger partial charge on any atom is -0.399 e. The molecule has 0 heterocycles. The first-order chi connectivity index (χ1) is 9.70. The molecule has 21 heavy (non-hydrogen) atoms. The maximum absolute atomic E-state index is 12.6. The molecule has 0 saturated carbocycles. The number of nitrogen functional groups attached to an aromatic ring is 1. The van der Waals surface area contributed by atoms with Gasteiger partial charge in [0.15, 0.2) is 0 Å². The molecule has 0 aliphatic heterocycles. The van der Waals surface area contributed by atoms with Crippen LogP contribution in [0.15, 0.2) is 35.2 Å². The van der Waals surface area contributed by atoms with E-state index in [-0.39, 0.29) is 4.90 Å². The summed E-state index contributed by atoms with van der Waals surface area (Å²) in [6.07, 6.45) is 0. The highest BCUT2D eigenvalue weighted by Crippen LogP contribution is 2.29. The van der Waals surface area contributed by atoms with Gasteiger partial charge in [-0.15, -0.1) is 0 Å². The maximum Gasteiger partial charge on any atom is 0.262 e. The van der Waals surface area contributed by atoms with Crippen LogP contribution in [0.3, 0.4) is 0 Å². The van der Waals surface area contributed by atoms with Gasteiger partial charge in [0.25, 0.3) is 10.0 Å². The Morgan fingerprint density at radius 1 is 1.14 bits per heavy atom. The Bertz CT molecular complexity index is 784. The molecule has 0 spiro atoms. The van der Waals surface area contributed by atoms with Gasteiger partial charge in [-0.2, -0.15) is 0 Å². The number of nitrogens with two attached hydrogens (primary N) is 1. The van der Waals surface area contributed by atoms with Crippen molar-refractivity contribution in [1.29, 1.82) is 0 Å². The molecule has 0 aliphatic carbocycles. The van der Waals surface area contributed by atoms with E-state index in [2.05, 4.69) is 27.3 Å². The molecule has 0 aromatic heterocycles. The van der Waals surface area contributed by atoms with Gasteiger partial charge < -0.3 is 5.73 Å². The van der Waals surface area contributed by atoms with Crippen molar-refractivity contribution in [3.05, 3.63) is 50.1 Å². The third-order valence-corrected chi connectivity index (χ3v) is 5.58. The maximum atomic E-state index is 12.6. The number of nitrogens with one attached hydrogen (secondary N) is 1. The Balaban J connectivity index is 2.48. The standard InChI is InChI=1S/C14H14ClIN2O2S/c1-8-5-11(17)6-9(2)14(8)21(19,20)18-13-4-3-10(16)7-12(13)15/h3-7,18H,17H2,1-2H3. The van der Waals surface area contributed by atoms with Gasteiger partial charge in [-0.1, -0.05) is 11.6 Å². The van der Waals surface area contributed by atoms with Crippen LogP contribution in [0.1, 0.15) is 11.1 Å². The molecule has 0 unspecified atom stereocenters. The number of sulfonamides is 1. The number of hydrogen-bond donors (Lipinski definition) is 2. The summed E-state index contributed by atoms with van der Waals surface area (Å²) >= 11 is 8.19. The molecule has 0 radical (unpaired) electrons. The van der Waals surface area contributed by atoms with E-state index in [1.54, 1.807) is 44.2 Å². The lowest BCUT2D eigenvalue weighted by Crippen LogP contribution is -2.16. The van der Waals surface area contributed by atoms with Crippen molar-refractivity contribution in [3.63, 3.8) is 0 Å². The SMILES string of the molecule is Cc1cc(N)cc(C)c1S(=O)(=O)Nc1ccc(I)cc1Cl. The monoisotopic (exact) mass is 436 g/mol. The molecule has 2 aromatic carbocycles. The van der Waals surface area contributed by atoms with Crippen molar-refractivity contribution in [2.24, 2.45) is 0 Å². The average molecular weight is 437 g/mol. The summed E-state index contributed by atoms with van der Waals surface area (Å²) in [5.74, 6) is 0. The predicted molar refractivity (Wildman–Crippen MR) is 95.3 cm³/mol. The van der Waals surface area contributed by atoms with Crippen molar-refractivity contribution in [1.82, 2.24) is 0 Å². The molecule has 7 heteroatoms. The Labute approximate surface area is 142 Å². The van der Waals surface area contributed by atoms with E-state index >= 15 is 0 Å². The molecule has 2 rings (SSSR count). The van der Waals surface area contributed by atoms with Crippen molar-refractivity contribution in [2.45, 2.75) is 18.7 Å².